The van der Waals surface area contributed by atoms with E-state index in [1.807, 2.05) is 0 Å². The van der Waals surface area contributed by atoms with Gasteiger partial charge in [-0.15, -0.1) is 0 Å². The summed E-state index contributed by atoms with van der Waals surface area (Å²) in [5, 5.41) is 13.6. The zero-order chi connectivity index (χ0) is 14.8. The fraction of sp³-hybridized carbons (Fsp3) is 0.571. The van der Waals surface area contributed by atoms with Crippen LogP contribution in [0.4, 0.5) is 0 Å². The molecule has 0 heterocycles. The standard InChI is InChI=1S/C14H20ClNO3S/c1-20(18,19)14-4-2-3-12(14)16-9-13(17)10-5-7-11(15)8-6-10/h5-8,12-14,16-17H,2-4,9H2,1H3. The Balaban J connectivity index is 1.93. The number of hydrogen-bond donors (Lipinski definition) is 2. The Morgan fingerprint density at radius 2 is 2.00 bits per heavy atom. The van der Waals surface area contributed by atoms with Crippen LogP contribution >= 0.6 is 11.6 Å². The first-order chi connectivity index (χ1) is 9.38. The maximum absolute atomic E-state index is 11.7. The largest absolute Gasteiger partial charge is 0.387 e. The molecule has 3 unspecified atom stereocenters. The van der Waals surface area contributed by atoms with Gasteiger partial charge in [0.15, 0.2) is 9.84 Å². The Labute approximate surface area is 125 Å². The van der Waals surface area contributed by atoms with Crippen LogP contribution < -0.4 is 5.32 Å². The first kappa shape index (κ1) is 15.8. The molecule has 2 N–H and O–H groups in total. The van der Waals surface area contributed by atoms with E-state index in [9.17, 15) is 13.5 Å². The highest BCUT2D eigenvalue weighted by atomic mass is 35.5. The molecule has 0 aliphatic heterocycles. The number of hydrogen-bond acceptors (Lipinski definition) is 4. The molecular weight excluding hydrogens is 298 g/mol. The van der Waals surface area contributed by atoms with E-state index < -0.39 is 15.9 Å². The molecule has 2 rings (SSSR count). The molecule has 0 aromatic heterocycles. The molecule has 3 atom stereocenters. The van der Waals surface area contributed by atoms with Crippen molar-refractivity contribution >= 4 is 21.4 Å². The maximum Gasteiger partial charge on any atom is 0.151 e. The number of rotatable bonds is 5. The van der Waals surface area contributed by atoms with Crippen LogP contribution in [-0.2, 0) is 9.84 Å². The molecule has 0 radical (unpaired) electrons. The molecule has 20 heavy (non-hydrogen) atoms. The lowest BCUT2D eigenvalue weighted by atomic mass is 10.1. The number of aliphatic hydroxyl groups excluding tert-OH is 1. The Morgan fingerprint density at radius 3 is 2.60 bits per heavy atom. The molecule has 1 saturated carbocycles. The molecule has 0 amide bonds. The molecule has 112 valence electrons. The van der Waals surface area contributed by atoms with Crippen LogP contribution in [0.1, 0.15) is 30.9 Å². The van der Waals surface area contributed by atoms with E-state index in [0.717, 1.165) is 18.4 Å². The van der Waals surface area contributed by atoms with Crippen LogP contribution in [0.3, 0.4) is 0 Å². The van der Waals surface area contributed by atoms with Crippen molar-refractivity contribution in [1.29, 1.82) is 0 Å². The minimum absolute atomic E-state index is 0.0630. The average molecular weight is 318 g/mol. The predicted molar refractivity (Wildman–Crippen MR) is 80.7 cm³/mol. The molecule has 1 aromatic rings. The van der Waals surface area contributed by atoms with Crippen molar-refractivity contribution in [3.8, 4) is 0 Å². The van der Waals surface area contributed by atoms with E-state index in [1.165, 1.54) is 6.26 Å². The molecule has 1 aliphatic carbocycles. The van der Waals surface area contributed by atoms with Gasteiger partial charge in [0.05, 0.1) is 11.4 Å². The monoisotopic (exact) mass is 317 g/mol. The second kappa shape index (κ2) is 6.43. The fourth-order valence-electron chi connectivity index (χ4n) is 2.74. The smallest absolute Gasteiger partial charge is 0.151 e. The highest BCUT2D eigenvalue weighted by molar-refractivity contribution is 7.91. The normalized spacial score (nSPS) is 24.8. The lowest BCUT2D eigenvalue weighted by Gasteiger charge is -2.21. The van der Waals surface area contributed by atoms with Crippen molar-refractivity contribution in [3.63, 3.8) is 0 Å². The van der Waals surface area contributed by atoms with Crippen molar-refractivity contribution in [3.05, 3.63) is 34.9 Å². The Morgan fingerprint density at radius 1 is 1.35 bits per heavy atom. The minimum atomic E-state index is -3.03. The first-order valence-electron chi connectivity index (χ1n) is 6.73. The van der Waals surface area contributed by atoms with Crippen molar-refractivity contribution in [1.82, 2.24) is 5.32 Å². The van der Waals surface area contributed by atoms with E-state index >= 15 is 0 Å². The van der Waals surface area contributed by atoms with Gasteiger partial charge in [0.1, 0.15) is 0 Å². The summed E-state index contributed by atoms with van der Waals surface area (Å²) in [6, 6.07) is 6.95. The lowest BCUT2D eigenvalue weighted by molar-refractivity contribution is 0.170. The van der Waals surface area contributed by atoms with Gasteiger partial charge in [0.2, 0.25) is 0 Å². The topological polar surface area (TPSA) is 66.4 Å². The zero-order valence-corrected chi connectivity index (χ0v) is 13.0. The number of benzene rings is 1. The Hall–Kier alpha value is -0.620. The maximum atomic E-state index is 11.7. The van der Waals surface area contributed by atoms with E-state index in [1.54, 1.807) is 24.3 Å². The summed E-state index contributed by atoms with van der Waals surface area (Å²) in [4.78, 5) is 0. The summed E-state index contributed by atoms with van der Waals surface area (Å²) < 4.78 is 23.4. The van der Waals surface area contributed by atoms with Gasteiger partial charge in [-0.3, -0.25) is 0 Å². The molecule has 0 spiro atoms. The summed E-state index contributed by atoms with van der Waals surface area (Å²) in [7, 11) is -3.03. The Bertz CT molecular complexity index is 544. The fourth-order valence-corrected chi connectivity index (χ4v) is 4.29. The third-order valence-electron chi connectivity index (χ3n) is 3.83. The van der Waals surface area contributed by atoms with E-state index in [-0.39, 0.29) is 11.3 Å². The van der Waals surface area contributed by atoms with Crippen LogP contribution in [0.5, 0.6) is 0 Å². The lowest BCUT2D eigenvalue weighted by Crippen LogP contribution is -2.41. The molecule has 1 fully saturated rings. The van der Waals surface area contributed by atoms with Crippen LogP contribution in [-0.4, -0.2) is 37.6 Å². The van der Waals surface area contributed by atoms with Gasteiger partial charge in [-0.25, -0.2) is 8.42 Å². The second-order valence-corrected chi connectivity index (χ2v) is 8.08. The predicted octanol–water partition coefficient (Wildman–Crippen LogP) is 1.93. The molecule has 0 saturated heterocycles. The van der Waals surface area contributed by atoms with Gasteiger partial charge in [-0.1, -0.05) is 30.2 Å². The summed E-state index contributed by atoms with van der Waals surface area (Å²) >= 11 is 5.80. The molecule has 6 heteroatoms. The molecule has 1 aromatic carbocycles. The molecule has 1 aliphatic rings. The third-order valence-corrected chi connectivity index (χ3v) is 5.75. The molecule has 0 bridgehead atoms. The van der Waals surface area contributed by atoms with Gasteiger partial charge >= 0.3 is 0 Å². The van der Waals surface area contributed by atoms with Crippen molar-refractivity contribution < 1.29 is 13.5 Å². The first-order valence-corrected chi connectivity index (χ1v) is 9.07. The summed E-state index contributed by atoms with van der Waals surface area (Å²) in [5.41, 5.74) is 0.774. The minimum Gasteiger partial charge on any atom is -0.387 e. The quantitative estimate of drug-likeness (QED) is 0.871. The third kappa shape index (κ3) is 3.95. The van der Waals surface area contributed by atoms with Gasteiger partial charge in [0.25, 0.3) is 0 Å². The van der Waals surface area contributed by atoms with Crippen LogP contribution in [0.15, 0.2) is 24.3 Å². The van der Waals surface area contributed by atoms with Crippen LogP contribution in [0.25, 0.3) is 0 Å². The molecule has 4 nitrogen and oxygen atoms in total. The second-order valence-electron chi connectivity index (χ2n) is 5.38. The van der Waals surface area contributed by atoms with E-state index in [2.05, 4.69) is 5.32 Å². The van der Waals surface area contributed by atoms with Crippen molar-refractivity contribution in [2.45, 2.75) is 36.7 Å². The zero-order valence-electron chi connectivity index (χ0n) is 11.4. The highest BCUT2D eigenvalue weighted by Crippen LogP contribution is 2.25. The number of aliphatic hydroxyl groups is 1. The van der Waals surface area contributed by atoms with E-state index in [0.29, 0.717) is 18.0 Å². The Kier molecular flexibility index (Phi) is 5.07. The van der Waals surface area contributed by atoms with E-state index in [4.69, 9.17) is 11.6 Å². The summed E-state index contributed by atoms with van der Waals surface area (Å²) in [5.74, 6) is 0. The van der Waals surface area contributed by atoms with Gasteiger partial charge in [0, 0.05) is 23.9 Å². The van der Waals surface area contributed by atoms with Crippen LogP contribution in [0, 0.1) is 0 Å². The summed E-state index contributed by atoms with van der Waals surface area (Å²) in [6.07, 6.45) is 3.08. The van der Waals surface area contributed by atoms with Crippen molar-refractivity contribution in [2.75, 3.05) is 12.8 Å². The number of nitrogens with one attached hydrogen (secondary N) is 1. The summed E-state index contributed by atoms with van der Waals surface area (Å²) in [6.45, 7) is 0.346. The SMILES string of the molecule is CS(=O)(=O)C1CCCC1NCC(O)c1ccc(Cl)cc1. The molecular formula is C14H20ClNO3S. The number of sulfone groups is 1. The number of halogens is 1. The highest BCUT2D eigenvalue weighted by Gasteiger charge is 2.34. The van der Waals surface area contributed by atoms with Gasteiger partial charge in [-0.05, 0) is 30.5 Å². The van der Waals surface area contributed by atoms with Crippen molar-refractivity contribution in [2.24, 2.45) is 0 Å². The average Bonchev–Trinajstić information content (AvgIpc) is 2.85. The van der Waals surface area contributed by atoms with Gasteiger partial charge < -0.3 is 10.4 Å². The van der Waals surface area contributed by atoms with Gasteiger partial charge in [-0.2, -0.15) is 0 Å². The van der Waals surface area contributed by atoms with Crippen LogP contribution in [0.2, 0.25) is 5.02 Å².